The van der Waals surface area contributed by atoms with Crippen molar-refractivity contribution in [3.63, 3.8) is 0 Å². The van der Waals surface area contributed by atoms with Gasteiger partial charge in [0.2, 0.25) is 0 Å². The Balaban J connectivity index is 0.000000334. The quantitative estimate of drug-likeness (QED) is 0.366. The first kappa shape index (κ1) is 30.7. The molecule has 0 spiro atoms. The number of carboxylic acids is 2. The highest BCUT2D eigenvalue weighted by Crippen LogP contribution is 2.49. The Bertz CT molecular complexity index is 1440. The lowest BCUT2D eigenvalue weighted by Crippen LogP contribution is -2.59. The van der Waals surface area contributed by atoms with E-state index in [9.17, 15) is 14.4 Å². The molecule has 5 rings (SSSR count). The summed E-state index contributed by atoms with van der Waals surface area (Å²) in [5.74, 6) is -3.97. The Morgan fingerprint density at radius 2 is 1.83 bits per heavy atom. The summed E-state index contributed by atoms with van der Waals surface area (Å²) in [5, 5.41) is 18.0. The number of likely N-dealkylation sites (N-methyl/N-ethyl adjacent to an activating group) is 1. The second-order valence-electron chi connectivity index (χ2n) is 11.0. The molecule has 3 aromatic rings. The number of halogens is 1. The summed E-state index contributed by atoms with van der Waals surface area (Å²) in [6.07, 6.45) is 7.20. The van der Waals surface area contributed by atoms with E-state index < -0.39 is 29.4 Å². The Kier molecular flexibility index (Phi) is 9.20. The summed E-state index contributed by atoms with van der Waals surface area (Å²) in [7, 11) is 6.07. The van der Waals surface area contributed by atoms with E-state index in [1.807, 2.05) is 7.11 Å². The van der Waals surface area contributed by atoms with Crippen LogP contribution in [0.5, 0.6) is 0 Å². The Hall–Kier alpha value is -3.28. The molecule has 2 N–H and O–H groups in total. The Morgan fingerprint density at radius 3 is 2.44 bits per heavy atom. The maximum absolute atomic E-state index is 12.5. The lowest BCUT2D eigenvalue weighted by molar-refractivity contribution is -0.152. The van der Waals surface area contributed by atoms with Gasteiger partial charge in [0, 0.05) is 66.6 Å². The molecular weight excluding hydrogens is 594 g/mol. The van der Waals surface area contributed by atoms with Crippen LogP contribution < -0.4 is 0 Å². The van der Waals surface area contributed by atoms with E-state index in [1.54, 1.807) is 12.3 Å². The molecule has 0 radical (unpaired) electrons. The summed E-state index contributed by atoms with van der Waals surface area (Å²) >= 11 is 3.35. The van der Waals surface area contributed by atoms with Crippen molar-refractivity contribution in [2.75, 3.05) is 27.3 Å². The van der Waals surface area contributed by atoms with E-state index in [-0.39, 0.29) is 17.9 Å². The molecular formula is C30H36BrN3O7. The van der Waals surface area contributed by atoms with E-state index in [1.165, 1.54) is 42.1 Å². The van der Waals surface area contributed by atoms with Gasteiger partial charge in [-0.05, 0) is 59.1 Å². The molecule has 1 aliphatic carbocycles. The van der Waals surface area contributed by atoms with Crippen LogP contribution >= 0.6 is 15.9 Å². The number of nitrogens with zero attached hydrogens (tertiary/aromatic N) is 3. The zero-order chi connectivity index (χ0) is 30.1. The van der Waals surface area contributed by atoms with Crippen molar-refractivity contribution in [3.8, 4) is 0 Å². The highest BCUT2D eigenvalue weighted by atomic mass is 79.9. The topological polar surface area (TPSA) is 131 Å². The molecule has 1 aliphatic heterocycles. The minimum absolute atomic E-state index is 0.172. The van der Waals surface area contributed by atoms with Gasteiger partial charge in [0.15, 0.2) is 0 Å². The number of methoxy groups -OCH3 is 1. The summed E-state index contributed by atoms with van der Waals surface area (Å²) in [6, 6.07) is 8.47. The highest BCUT2D eigenvalue weighted by molar-refractivity contribution is 9.10. The summed E-state index contributed by atoms with van der Waals surface area (Å²) in [4.78, 5) is 39.3. The summed E-state index contributed by atoms with van der Waals surface area (Å²) in [6.45, 7) is 3.96. The normalized spacial score (nSPS) is 23.1. The van der Waals surface area contributed by atoms with Gasteiger partial charge in [-0.1, -0.05) is 26.0 Å². The van der Waals surface area contributed by atoms with Gasteiger partial charge in [-0.3, -0.25) is 19.5 Å². The third kappa shape index (κ3) is 6.02. The largest absolute Gasteiger partial charge is 0.481 e. The Morgan fingerprint density at radius 1 is 1.15 bits per heavy atom. The van der Waals surface area contributed by atoms with Crippen LogP contribution in [0.2, 0.25) is 0 Å². The number of carboxylic acid groups (broad SMARTS) is 2. The van der Waals surface area contributed by atoms with Gasteiger partial charge in [-0.15, -0.1) is 0 Å². The van der Waals surface area contributed by atoms with Crippen LogP contribution in [-0.4, -0.2) is 75.9 Å². The standard InChI is InChI=1S/C24H26BrN3O3.C6H10O4/c1-27-13-17-8-21-24(30-3,19-5-4-6-20(27)22(17)19)9-15(12-28(21)2)14-31-23(29)16-7-18(25)11-26-10-16;1-3(5(7)8)4(2)6(9)10/h4-7,10-11,13,15,21H,8-9,12,14H2,1-3H3;3-4H,1-2H3,(H,7,8)(H,9,10)/t15-,21-,24+;3-,4-/m11/s1. The molecule has 1 fully saturated rings. The van der Waals surface area contributed by atoms with E-state index in [0.717, 1.165) is 23.9 Å². The predicted molar refractivity (Wildman–Crippen MR) is 156 cm³/mol. The van der Waals surface area contributed by atoms with Crippen molar-refractivity contribution < 1.29 is 34.1 Å². The molecule has 1 aromatic carbocycles. The number of pyridine rings is 1. The molecule has 220 valence electrons. The number of piperidine rings is 1. The summed E-state index contributed by atoms with van der Waals surface area (Å²) < 4.78 is 15.0. The van der Waals surface area contributed by atoms with E-state index in [4.69, 9.17) is 19.7 Å². The molecule has 10 nitrogen and oxygen atoms in total. The van der Waals surface area contributed by atoms with E-state index >= 15 is 0 Å². The zero-order valence-corrected chi connectivity index (χ0v) is 25.4. The number of hydrogen-bond donors (Lipinski definition) is 2. The van der Waals surface area contributed by atoms with Gasteiger partial charge in [-0.25, -0.2) is 4.79 Å². The number of ether oxygens (including phenoxy) is 2. The molecule has 0 amide bonds. The molecule has 0 saturated carbocycles. The van der Waals surface area contributed by atoms with Crippen molar-refractivity contribution in [1.82, 2.24) is 14.5 Å². The van der Waals surface area contributed by atoms with Crippen LogP contribution in [0.25, 0.3) is 10.9 Å². The van der Waals surface area contributed by atoms with Gasteiger partial charge in [-0.2, -0.15) is 0 Å². The minimum Gasteiger partial charge on any atom is -0.481 e. The number of aromatic nitrogens is 2. The zero-order valence-electron chi connectivity index (χ0n) is 23.8. The molecule has 0 unspecified atom stereocenters. The van der Waals surface area contributed by atoms with Crippen LogP contribution in [0.15, 0.2) is 47.3 Å². The van der Waals surface area contributed by atoms with Crippen molar-refractivity contribution >= 4 is 44.7 Å². The first-order valence-electron chi connectivity index (χ1n) is 13.5. The van der Waals surface area contributed by atoms with Crippen LogP contribution in [-0.2, 0) is 38.1 Å². The van der Waals surface area contributed by atoms with Crippen LogP contribution in [0.4, 0.5) is 0 Å². The molecule has 2 aromatic heterocycles. The van der Waals surface area contributed by atoms with Crippen molar-refractivity contribution in [1.29, 1.82) is 0 Å². The predicted octanol–water partition coefficient (Wildman–Crippen LogP) is 4.34. The van der Waals surface area contributed by atoms with Gasteiger partial charge in [0.1, 0.15) is 5.60 Å². The number of esters is 1. The van der Waals surface area contributed by atoms with Gasteiger partial charge < -0.3 is 24.3 Å². The van der Waals surface area contributed by atoms with Crippen molar-refractivity contribution in [2.24, 2.45) is 24.8 Å². The fraction of sp³-hybridized carbons (Fsp3) is 0.467. The maximum atomic E-state index is 12.5. The molecule has 2 aliphatic rings. The first-order chi connectivity index (χ1) is 19.4. The number of likely N-dealkylation sites (tertiary alicyclic amines) is 1. The third-order valence-corrected chi connectivity index (χ3v) is 8.89. The molecule has 3 heterocycles. The maximum Gasteiger partial charge on any atom is 0.339 e. The van der Waals surface area contributed by atoms with Crippen LogP contribution in [0, 0.1) is 17.8 Å². The van der Waals surface area contributed by atoms with E-state index in [2.05, 4.69) is 68.9 Å². The second kappa shape index (κ2) is 12.3. The van der Waals surface area contributed by atoms with Crippen molar-refractivity contribution in [3.05, 3.63) is 64.0 Å². The number of fused-ring (bicyclic) bond motifs is 2. The van der Waals surface area contributed by atoms with Gasteiger partial charge in [0.25, 0.3) is 0 Å². The lowest BCUT2D eigenvalue weighted by atomic mass is 9.69. The fourth-order valence-electron chi connectivity index (χ4n) is 6.05. The number of benzene rings is 1. The number of aryl methyl sites for hydroxylation is 1. The number of rotatable bonds is 7. The average Bonchev–Trinajstić information content (AvgIpc) is 3.27. The van der Waals surface area contributed by atoms with Crippen molar-refractivity contribution in [2.45, 2.75) is 38.3 Å². The number of carbonyl (C=O) groups is 3. The number of carbonyl (C=O) groups excluding carboxylic acids is 1. The first-order valence-corrected chi connectivity index (χ1v) is 14.2. The van der Waals surface area contributed by atoms with Gasteiger partial charge >= 0.3 is 17.9 Å². The third-order valence-electron chi connectivity index (χ3n) is 8.45. The minimum atomic E-state index is -1.07. The summed E-state index contributed by atoms with van der Waals surface area (Å²) in [5.41, 5.74) is 3.90. The highest BCUT2D eigenvalue weighted by Gasteiger charge is 2.51. The monoisotopic (exact) mass is 629 g/mol. The van der Waals surface area contributed by atoms with Crippen LogP contribution in [0.3, 0.4) is 0 Å². The molecule has 1 saturated heterocycles. The molecule has 41 heavy (non-hydrogen) atoms. The lowest BCUT2D eigenvalue weighted by Gasteiger charge is -2.53. The van der Waals surface area contributed by atoms with Crippen LogP contribution in [0.1, 0.15) is 41.8 Å². The molecule has 0 bridgehead atoms. The fourth-order valence-corrected chi connectivity index (χ4v) is 6.42. The van der Waals surface area contributed by atoms with Gasteiger partial charge in [0.05, 0.1) is 24.0 Å². The molecule has 11 heteroatoms. The average molecular weight is 631 g/mol. The number of aliphatic carboxylic acids is 2. The smallest absolute Gasteiger partial charge is 0.339 e. The van der Waals surface area contributed by atoms with E-state index in [0.29, 0.717) is 12.2 Å². The number of hydrogen-bond acceptors (Lipinski definition) is 7. The SMILES string of the molecule is CO[C@]12C[C@@H](COC(=O)c3cncc(Br)c3)CN(C)[C@@H]1Cc1cn(C)c3cccc2c13.C[C@@H](C(=O)O)[C@@H](C)C(=O)O. The Labute approximate surface area is 247 Å². The second-order valence-corrected chi connectivity index (χ2v) is 11.9. The molecule has 5 atom stereocenters.